The summed E-state index contributed by atoms with van der Waals surface area (Å²) in [6.45, 7) is 3.82. The maximum Gasteiger partial charge on any atom is 0.261 e. The van der Waals surface area contributed by atoms with E-state index >= 15 is 0 Å². The van der Waals surface area contributed by atoms with Gasteiger partial charge >= 0.3 is 0 Å². The molecule has 150 valence electrons. The fourth-order valence-corrected chi connectivity index (χ4v) is 3.18. The third-order valence-corrected chi connectivity index (χ3v) is 5.15. The van der Waals surface area contributed by atoms with E-state index in [1.807, 2.05) is 38.1 Å². The van der Waals surface area contributed by atoms with Crippen molar-refractivity contribution in [3.8, 4) is 5.75 Å². The second kappa shape index (κ2) is 10.3. The molecule has 0 saturated heterocycles. The van der Waals surface area contributed by atoms with Gasteiger partial charge in [-0.15, -0.1) is 0 Å². The molecule has 0 aromatic heterocycles. The molecule has 2 amide bonds. The van der Waals surface area contributed by atoms with Crippen molar-refractivity contribution in [3.63, 3.8) is 0 Å². The van der Waals surface area contributed by atoms with E-state index in [4.69, 9.17) is 27.9 Å². The minimum absolute atomic E-state index is 0.167. The number of hydrogen-bond acceptors (Lipinski definition) is 3. The van der Waals surface area contributed by atoms with Crippen molar-refractivity contribution in [3.05, 3.63) is 63.6 Å². The van der Waals surface area contributed by atoms with Crippen LogP contribution in [-0.2, 0) is 16.1 Å². The van der Waals surface area contributed by atoms with E-state index in [0.717, 1.165) is 11.1 Å². The predicted molar refractivity (Wildman–Crippen MR) is 112 cm³/mol. The number of carbonyl (C=O) groups is 2. The number of rotatable bonds is 8. The van der Waals surface area contributed by atoms with Crippen LogP contribution in [0.2, 0.25) is 10.0 Å². The van der Waals surface area contributed by atoms with Crippen LogP contribution >= 0.6 is 23.2 Å². The van der Waals surface area contributed by atoms with Gasteiger partial charge in [-0.2, -0.15) is 0 Å². The summed E-state index contributed by atoms with van der Waals surface area (Å²) >= 11 is 12.1. The number of aryl methyl sites for hydroxylation is 1. The first kappa shape index (κ1) is 22.1. The van der Waals surface area contributed by atoms with Gasteiger partial charge < -0.3 is 15.0 Å². The molecule has 7 heteroatoms. The lowest BCUT2D eigenvalue weighted by Gasteiger charge is -2.30. The highest BCUT2D eigenvalue weighted by Gasteiger charge is 2.28. The summed E-state index contributed by atoms with van der Waals surface area (Å²) in [6, 6.07) is 12.0. The summed E-state index contributed by atoms with van der Waals surface area (Å²) in [5.41, 5.74) is 1.71. The van der Waals surface area contributed by atoms with Crippen LogP contribution in [-0.4, -0.2) is 36.4 Å². The van der Waals surface area contributed by atoms with Crippen LogP contribution < -0.4 is 10.1 Å². The van der Waals surface area contributed by atoms with E-state index in [-0.39, 0.29) is 25.0 Å². The number of halogens is 2. The highest BCUT2D eigenvalue weighted by Crippen LogP contribution is 2.24. The van der Waals surface area contributed by atoms with Crippen LogP contribution in [0, 0.1) is 6.92 Å². The molecule has 2 aromatic carbocycles. The van der Waals surface area contributed by atoms with Gasteiger partial charge in [-0.05, 0) is 42.7 Å². The van der Waals surface area contributed by atoms with Crippen LogP contribution in [0.5, 0.6) is 5.75 Å². The van der Waals surface area contributed by atoms with Gasteiger partial charge in [-0.3, -0.25) is 9.59 Å². The summed E-state index contributed by atoms with van der Waals surface area (Å²) < 4.78 is 5.70. The Kier molecular flexibility index (Phi) is 8.15. The Bertz CT molecular complexity index is 842. The molecule has 0 spiro atoms. The van der Waals surface area contributed by atoms with E-state index in [1.54, 1.807) is 25.2 Å². The molecule has 0 aliphatic heterocycles. The maximum absolute atomic E-state index is 13.0. The molecule has 0 bridgehead atoms. The number of nitrogens with one attached hydrogen (secondary N) is 1. The van der Waals surface area contributed by atoms with E-state index < -0.39 is 6.04 Å². The van der Waals surface area contributed by atoms with Crippen molar-refractivity contribution in [1.82, 2.24) is 10.2 Å². The Morgan fingerprint density at radius 3 is 2.46 bits per heavy atom. The number of carbonyl (C=O) groups excluding carboxylic acids is 2. The first-order valence-electron chi connectivity index (χ1n) is 9.00. The lowest BCUT2D eigenvalue weighted by Crippen LogP contribution is -2.49. The molecule has 5 nitrogen and oxygen atoms in total. The van der Waals surface area contributed by atoms with Gasteiger partial charge in [0.1, 0.15) is 11.8 Å². The molecule has 0 aliphatic rings. The molecule has 28 heavy (non-hydrogen) atoms. The van der Waals surface area contributed by atoms with Crippen LogP contribution in [0.1, 0.15) is 24.5 Å². The standard InChI is InChI=1S/C21H24Cl2N2O3/c1-4-18(21(27)24-3)25(12-15-9-10-16(22)17(23)11-15)20(26)13-28-19-8-6-5-7-14(19)2/h5-11,18H,4,12-13H2,1-3H3,(H,24,27). The Morgan fingerprint density at radius 2 is 1.86 bits per heavy atom. The second-order valence-corrected chi connectivity index (χ2v) is 7.18. The van der Waals surface area contributed by atoms with E-state index in [2.05, 4.69) is 5.32 Å². The zero-order valence-electron chi connectivity index (χ0n) is 16.2. The fourth-order valence-electron chi connectivity index (χ4n) is 2.86. The quantitative estimate of drug-likeness (QED) is 0.691. The zero-order chi connectivity index (χ0) is 20.7. The van der Waals surface area contributed by atoms with Crippen molar-refractivity contribution in [2.45, 2.75) is 32.9 Å². The van der Waals surface area contributed by atoms with Crippen molar-refractivity contribution in [2.75, 3.05) is 13.7 Å². The third kappa shape index (κ3) is 5.63. The Hall–Kier alpha value is -2.24. The molecule has 0 radical (unpaired) electrons. The van der Waals surface area contributed by atoms with Gasteiger partial charge in [0.05, 0.1) is 10.0 Å². The van der Waals surface area contributed by atoms with Gasteiger partial charge in [0.15, 0.2) is 6.61 Å². The SMILES string of the molecule is CCC(C(=O)NC)N(Cc1ccc(Cl)c(Cl)c1)C(=O)COc1ccccc1C. The van der Waals surface area contributed by atoms with E-state index in [1.165, 1.54) is 4.90 Å². The molecule has 1 unspecified atom stereocenters. The van der Waals surface area contributed by atoms with Gasteiger partial charge in [0, 0.05) is 13.6 Å². The second-order valence-electron chi connectivity index (χ2n) is 6.36. The van der Waals surface area contributed by atoms with E-state index in [0.29, 0.717) is 22.2 Å². The minimum Gasteiger partial charge on any atom is -0.484 e. The van der Waals surface area contributed by atoms with E-state index in [9.17, 15) is 9.59 Å². The number of para-hydroxylation sites is 1. The summed E-state index contributed by atoms with van der Waals surface area (Å²) in [5.74, 6) is 0.120. The first-order valence-corrected chi connectivity index (χ1v) is 9.76. The number of benzene rings is 2. The van der Waals surface area contributed by atoms with Crippen LogP contribution in [0.15, 0.2) is 42.5 Å². The fraction of sp³-hybridized carbons (Fsp3) is 0.333. The molecule has 0 heterocycles. The van der Waals surface area contributed by atoms with Crippen molar-refractivity contribution in [1.29, 1.82) is 0 Å². The van der Waals surface area contributed by atoms with Crippen molar-refractivity contribution in [2.24, 2.45) is 0 Å². The average Bonchev–Trinajstić information content (AvgIpc) is 2.69. The van der Waals surface area contributed by atoms with Gasteiger partial charge in [-0.1, -0.05) is 54.4 Å². The summed E-state index contributed by atoms with van der Waals surface area (Å²) in [4.78, 5) is 26.8. The number of hydrogen-bond donors (Lipinski definition) is 1. The van der Waals surface area contributed by atoms with Crippen LogP contribution in [0.4, 0.5) is 0 Å². The molecule has 0 aliphatic carbocycles. The Morgan fingerprint density at radius 1 is 1.14 bits per heavy atom. The topological polar surface area (TPSA) is 58.6 Å². The highest BCUT2D eigenvalue weighted by atomic mass is 35.5. The summed E-state index contributed by atoms with van der Waals surface area (Å²) in [6.07, 6.45) is 0.469. The first-order chi connectivity index (χ1) is 13.4. The Labute approximate surface area is 175 Å². The normalized spacial score (nSPS) is 11.6. The molecule has 2 rings (SSSR count). The van der Waals surface area contributed by atoms with Gasteiger partial charge in [0.2, 0.25) is 5.91 Å². The zero-order valence-corrected chi connectivity index (χ0v) is 17.7. The third-order valence-electron chi connectivity index (χ3n) is 4.41. The lowest BCUT2D eigenvalue weighted by atomic mass is 10.1. The highest BCUT2D eigenvalue weighted by molar-refractivity contribution is 6.42. The molecule has 1 atom stereocenters. The average molecular weight is 423 g/mol. The van der Waals surface area contributed by atoms with Gasteiger partial charge in [-0.25, -0.2) is 0 Å². The number of ether oxygens (including phenoxy) is 1. The maximum atomic E-state index is 13.0. The predicted octanol–water partition coefficient (Wildman–Crippen LogP) is 4.23. The van der Waals surface area contributed by atoms with Gasteiger partial charge in [0.25, 0.3) is 5.91 Å². The molecule has 0 fully saturated rings. The van der Waals surface area contributed by atoms with Crippen LogP contribution in [0.3, 0.4) is 0 Å². The number of likely N-dealkylation sites (N-methyl/N-ethyl adjacent to an activating group) is 1. The molecule has 2 aromatic rings. The summed E-state index contributed by atoms with van der Waals surface area (Å²) in [5, 5.41) is 3.45. The Balaban J connectivity index is 2.23. The molecule has 0 saturated carbocycles. The van der Waals surface area contributed by atoms with Crippen molar-refractivity contribution < 1.29 is 14.3 Å². The summed E-state index contributed by atoms with van der Waals surface area (Å²) in [7, 11) is 1.55. The lowest BCUT2D eigenvalue weighted by molar-refractivity contribution is -0.142. The minimum atomic E-state index is -0.618. The van der Waals surface area contributed by atoms with Crippen LogP contribution in [0.25, 0.3) is 0 Å². The molecular weight excluding hydrogens is 399 g/mol. The van der Waals surface area contributed by atoms with Crippen molar-refractivity contribution >= 4 is 35.0 Å². The molecular formula is C21H24Cl2N2O3. The largest absolute Gasteiger partial charge is 0.484 e. The monoisotopic (exact) mass is 422 g/mol. The number of nitrogens with zero attached hydrogens (tertiary/aromatic N) is 1. The molecule has 1 N–H and O–H groups in total. The smallest absolute Gasteiger partial charge is 0.261 e. The number of amides is 2.